The highest BCUT2D eigenvalue weighted by atomic mass is 35.5. The molecule has 9 nitrogen and oxygen atoms in total. The number of hydrogen-bond donors (Lipinski definition) is 3. The lowest BCUT2D eigenvalue weighted by Crippen LogP contribution is -2.32. The van der Waals surface area contributed by atoms with Crippen LogP contribution in [-0.2, 0) is 19.4 Å². The largest absolute Gasteiger partial charge is 0.480 e. The smallest absolute Gasteiger partial charge is 0.411 e. The van der Waals surface area contributed by atoms with Crippen LogP contribution in [0, 0.1) is 5.82 Å². The third kappa shape index (κ3) is 6.80. The molecule has 0 fully saturated rings. The van der Waals surface area contributed by atoms with Gasteiger partial charge in [-0.05, 0) is 60.7 Å². The molecule has 0 aliphatic heterocycles. The minimum atomic E-state index is -4.39. The van der Waals surface area contributed by atoms with Gasteiger partial charge in [0.25, 0.3) is 5.91 Å². The van der Waals surface area contributed by atoms with E-state index in [2.05, 4.69) is 10.6 Å². The number of carboxylic acids is 1. The van der Waals surface area contributed by atoms with Crippen LogP contribution in [0.1, 0.15) is 16.8 Å². The van der Waals surface area contributed by atoms with Crippen molar-refractivity contribution in [2.45, 2.75) is 16.6 Å². The van der Waals surface area contributed by atoms with E-state index in [1.165, 1.54) is 30.3 Å². The Kier molecular flexibility index (Phi) is 8.62. The average molecular weight is 535 g/mol. The summed E-state index contributed by atoms with van der Waals surface area (Å²) in [6.07, 6.45) is -1.63. The molecule has 0 aliphatic rings. The quantitative estimate of drug-likeness (QED) is 0.364. The number of sulfone groups is 1. The third-order valence-electron chi connectivity index (χ3n) is 4.92. The van der Waals surface area contributed by atoms with Gasteiger partial charge in [-0.2, -0.15) is 0 Å². The Labute approximate surface area is 210 Å². The molecule has 0 radical (unpaired) electrons. The molecule has 1 unspecified atom stereocenters. The summed E-state index contributed by atoms with van der Waals surface area (Å²) in [5, 5.41) is 12.8. The molecule has 3 rings (SSSR count). The number of carbonyl (C=O) groups excluding carboxylic acids is 2. The third-order valence-corrected chi connectivity index (χ3v) is 7.29. The van der Waals surface area contributed by atoms with E-state index < -0.39 is 51.9 Å². The van der Waals surface area contributed by atoms with Crippen molar-refractivity contribution in [2.24, 2.45) is 0 Å². The summed E-state index contributed by atoms with van der Waals surface area (Å²) in [5.41, 5.74) is 0.472. The predicted octanol–water partition coefficient (Wildman–Crippen LogP) is 4.60. The van der Waals surface area contributed by atoms with Crippen LogP contribution in [0.5, 0.6) is 0 Å². The molecule has 3 aromatic rings. The molecule has 188 valence electrons. The molecule has 0 saturated carbocycles. The average Bonchev–Trinajstić information content (AvgIpc) is 2.84. The van der Waals surface area contributed by atoms with Crippen LogP contribution in [0.15, 0.2) is 77.7 Å². The van der Waals surface area contributed by atoms with Gasteiger partial charge < -0.3 is 15.2 Å². The van der Waals surface area contributed by atoms with Crippen molar-refractivity contribution in [3.63, 3.8) is 0 Å². The molecule has 0 aromatic heterocycles. The minimum absolute atomic E-state index is 0.143. The summed E-state index contributed by atoms with van der Waals surface area (Å²) >= 11 is 5.81. The van der Waals surface area contributed by atoms with Gasteiger partial charge in [-0.15, -0.1) is 0 Å². The number of aliphatic carboxylic acids is 1. The molecule has 36 heavy (non-hydrogen) atoms. The van der Waals surface area contributed by atoms with E-state index in [4.69, 9.17) is 16.3 Å². The Hall–Kier alpha value is -3.96. The van der Waals surface area contributed by atoms with E-state index in [1.54, 1.807) is 24.3 Å². The number of carbonyl (C=O) groups is 3. The summed E-state index contributed by atoms with van der Waals surface area (Å²) in [4.78, 5) is 35.6. The molecule has 1 atom stereocenters. The van der Waals surface area contributed by atoms with Crippen LogP contribution in [0.3, 0.4) is 0 Å². The van der Waals surface area contributed by atoms with Crippen LogP contribution >= 0.6 is 11.6 Å². The molecular weight excluding hydrogens is 515 g/mol. The van der Waals surface area contributed by atoms with Crippen LogP contribution in [0.2, 0.25) is 5.02 Å². The molecule has 0 heterocycles. The SMILES string of the molecule is O=C(Nc1ccccc1F)OCCC(C(=O)O)S(=O)(=O)c1ccc(C(=O)Nc2ccc(Cl)cc2)cc1. The Morgan fingerprint density at radius 3 is 2.19 bits per heavy atom. The molecular formula is C24H20ClFN2O7S. The number of anilines is 2. The zero-order valence-electron chi connectivity index (χ0n) is 18.5. The first-order chi connectivity index (χ1) is 17.1. The number of amides is 2. The second-order valence-electron chi connectivity index (χ2n) is 7.39. The van der Waals surface area contributed by atoms with Gasteiger partial charge >= 0.3 is 12.1 Å². The van der Waals surface area contributed by atoms with Crippen LogP contribution in [0.25, 0.3) is 0 Å². The minimum Gasteiger partial charge on any atom is -0.480 e. The zero-order valence-corrected chi connectivity index (χ0v) is 20.1. The molecule has 3 aromatic carbocycles. The Bertz CT molecular complexity index is 1360. The first kappa shape index (κ1) is 26.6. The molecule has 0 aliphatic carbocycles. The van der Waals surface area contributed by atoms with Gasteiger partial charge in [0.1, 0.15) is 5.82 Å². The summed E-state index contributed by atoms with van der Waals surface area (Å²) in [5.74, 6) is -2.85. The first-order valence-electron chi connectivity index (χ1n) is 10.4. The zero-order chi connectivity index (χ0) is 26.3. The van der Waals surface area contributed by atoms with E-state index in [-0.39, 0.29) is 16.1 Å². The predicted molar refractivity (Wildman–Crippen MR) is 130 cm³/mol. The molecule has 0 bridgehead atoms. The standard InChI is InChI=1S/C24H20ClFN2O7S/c25-16-7-9-17(10-8-16)27-22(29)15-5-11-18(12-6-15)36(33,34)21(23(30)31)13-14-35-24(32)28-20-4-2-1-3-19(20)26/h1-12,21H,13-14H2,(H,27,29)(H,28,32)(H,30,31). The van der Waals surface area contributed by atoms with Crippen molar-refractivity contribution in [3.05, 3.63) is 89.2 Å². The fourth-order valence-electron chi connectivity index (χ4n) is 3.08. The van der Waals surface area contributed by atoms with E-state index in [0.717, 1.165) is 18.2 Å². The number of halogens is 2. The second-order valence-corrected chi connectivity index (χ2v) is 9.95. The summed E-state index contributed by atoms with van der Waals surface area (Å²) in [6.45, 7) is -0.557. The lowest BCUT2D eigenvalue weighted by atomic mass is 10.2. The highest BCUT2D eigenvalue weighted by Gasteiger charge is 2.34. The highest BCUT2D eigenvalue weighted by Crippen LogP contribution is 2.21. The number of carboxylic acid groups (broad SMARTS) is 1. The van der Waals surface area contributed by atoms with Gasteiger partial charge in [-0.1, -0.05) is 23.7 Å². The van der Waals surface area contributed by atoms with Crippen molar-refractivity contribution in [1.29, 1.82) is 0 Å². The van der Waals surface area contributed by atoms with Crippen molar-refractivity contribution in [2.75, 3.05) is 17.2 Å². The molecule has 0 spiro atoms. The summed E-state index contributed by atoms with van der Waals surface area (Å²) in [6, 6.07) is 16.4. The van der Waals surface area contributed by atoms with Gasteiger partial charge in [0.2, 0.25) is 0 Å². The summed E-state index contributed by atoms with van der Waals surface area (Å²) < 4.78 is 44.2. The number of rotatable bonds is 9. The van der Waals surface area contributed by atoms with Crippen molar-refractivity contribution in [1.82, 2.24) is 0 Å². The van der Waals surface area contributed by atoms with Gasteiger partial charge in [-0.25, -0.2) is 17.6 Å². The van der Waals surface area contributed by atoms with E-state index in [9.17, 15) is 32.3 Å². The maximum atomic E-state index is 13.6. The molecule has 2 amide bonds. The molecule has 0 saturated heterocycles. The number of para-hydroxylation sites is 1. The Morgan fingerprint density at radius 1 is 0.944 bits per heavy atom. The summed E-state index contributed by atoms with van der Waals surface area (Å²) in [7, 11) is -4.39. The number of ether oxygens (including phenoxy) is 1. The number of nitrogens with one attached hydrogen (secondary N) is 2. The number of benzene rings is 3. The van der Waals surface area contributed by atoms with Crippen molar-refractivity contribution >= 4 is 50.8 Å². The lowest BCUT2D eigenvalue weighted by Gasteiger charge is -2.14. The normalized spacial score (nSPS) is 11.8. The second kappa shape index (κ2) is 11.6. The monoisotopic (exact) mass is 534 g/mol. The van der Waals surface area contributed by atoms with E-state index in [1.807, 2.05) is 0 Å². The maximum Gasteiger partial charge on any atom is 0.411 e. The topological polar surface area (TPSA) is 139 Å². The van der Waals surface area contributed by atoms with Crippen LogP contribution in [-0.4, -0.2) is 43.4 Å². The highest BCUT2D eigenvalue weighted by molar-refractivity contribution is 7.92. The van der Waals surface area contributed by atoms with Gasteiger partial charge in [0.05, 0.1) is 17.2 Å². The molecule has 3 N–H and O–H groups in total. The van der Waals surface area contributed by atoms with Gasteiger partial charge in [0, 0.05) is 22.7 Å². The Morgan fingerprint density at radius 2 is 1.58 bits per heavy atom. The van der Waals surface area contributed by atoms with Crippen molar-refractivity contribution in [3.8, 4) is 0 Å². The van der Waals surface area contributed by atoms with Gasteiger partial charge in [-0.3, -0.25) is 14.9 Å². The lowest BCUT2D eigenvalue weighted by molar-refractivity contribution is -0.136. The molecule has 12 heteroatoms. The van der Waals surface area contributed by atoms with E-state index in [0.29, 0.717) is 10.7 Å². The Balaban J connectivity index is 1.63. The first-order valence-corrected chi connectivity index (χ1v) is 12.3. The number of hydrogen-bond acceptors (Lipinski definition) is 6. The van der Waals surface area contributed by atoms with Crippen LogP contribution in [0.4, 0.5) is 20.6 Å². The van der Waals surface area contributed by atoms with E-state index >= 15 is 0 Å². The van der Waals surface area contributed by atoms with Gasteiger partial charge in [0.15, 0.2) is 15.1 Å². The van der Waals surface area contributed by atoms with Crippen molar-refractivity contribution < 1.29 is 37.0 Å². The maximum absolute atomic E-state index is 13.6. The van der Waals surface area contributed by atoms with Crippen LogP contribution < -0.4 is 10.6 Å². The fourth-order valence-corrected chi connectivity index (χ4v) is 4.72. The fraction of sp³-hybridized carbons (Fsp3) is 0.125.